The minimum absolute atomic E-state index is 0.100. The minimum Gasteiger partial charge on any atom is -0.400 e. The number of carbonyl (C=O) groups is 1. The first-order valence-electron chi connectivity index (χ1n) is 8.57. The third-order valence-electron chi connectivity index (χ3n) is 4.69. The summed E-state index contributed by atoms with van der Waals surface area (Å²) in [6, 6.07) is 3.73. The number of amides is 2. The molecule has 0 aliphatic carbocycles. The Balaban J connectivity index is 1.49. The number of nitrogens with zero attached hydrogens (tertiary/aromatic N) is 3. The first kappa shape index (κ1) is 16.6. The summed E-state index contributed by atoms with van der Waals surface area (Å²) in [5.74, 6) is 0.905. The molecule has 1 fully saturated rings. The van der Waals surface area contributed by atoms with E-state index >= 15 is 0 Å². The second kappa shape index (κ2) is 6.83. The van der Waals surface area contributed by atoms with Crippen molar-refractivity contribution in [2.45, 2.75) is 19.8 Å². The molecule has 0 radical (unpaired) electrons. The van der Waals surface area contributed by atoms with Crippen molar-refractivity contribution in [1.29, 1.82) is 0 Å². The summed E-state index contributed by atoms with van der Waals surface area (Å²) in [4.78, 5) is 21.8. The number of hydrogen-bond acceptors (Lipinski definition) is 6. The maximum absolute atomic E-state index is 12.6. The number of urea groups is 1. The number of aliphatic imine (C=N–C) groups is 1. The highest BCUT2D eigenvalue weighted by molar-refractivity contribution is 7.10. The van der Waals surface area contributed by atoms with Crippen LogP contribution in [0.1, 0.15) is 24.1 Å². The maximum Gasteiger partial charge on any atom is 0.322 e. The summed E-state index contributed by atoms with van der Waals surface area (Å²) in [7, 11) is 0. The fourth-order valence-corrected chi connectivity index (χ4v) is 4.02. The third-order valence-corrected chi connectivity index (χ3v) is 5.49. The van der Waals surface area contributed by atoms with E-state index in [4.69, 9.17) is 5.73 Å². The van der Waals surface area contributed by atoms with Crippen molar-refractivity contribution in [2.24, 2.45) is 16.6 Å². The number of anilines is 1. The zero-order valence-electron chi connectivity index (χ0n) is 14.5. The van der Waals surface area contributed by atoms with Crippen molar-refractivity contribution in [2.75, 3.05) is 18.4 Å². The van der Waals surface area contributed by atoms with Crippen LogP contribution >= 0.6 is 11.5 Å². The Bertz CT molecular complexity index is 881. The fraction of sp³-hybridized carbons (Fsp3) is 0.353. The molecule has 1 unspecified atom stereocenters. The van der Waals surface area contributed by atoms with Gasteiger partial charge in [0.25, 0.3) is 0 Å². The molecule has 0 saturated carbocycles. The number of carbonyl (C=O) groups excluding carboxylic acids is 1. The molecule has 2 aliphatic rings. The second-order valence-electron chi connectivity index (χ2n) is 6.52. The average Bonchev–Trinajstić information content (AvgIpc) is 3.29. The molecule has 0 aromatic carbocycles. The fourth-order valence-electron chi connectivity index (χ4n) is 3.37. The molecular weight excluding hydrogens is 350 g/mol. The van der Waals surface area contributed by atoms with Crippen LogP contribution in [0, 0.1) is 12.8 Å². The Morgan fingerprint density at radius 1 is 1.50 bits per heavy atom. The molecule has 9 heteroatoms. The predicted octanol–water partition coefficient (Wildman–Crippen LogP) is 2.61. The van der Waals surface area contributed by atoms with Crippen LogP contribution in [-0.4, -0.2) is 39.7 Å². The third kappa shape index (κ3) is 3.17. The molecule has 1 saturated heterocycles. The largest absolute Gasteiger partial charge is 0.400 e. The number of fused-ring (bicyclic) bond motifs is 1. The molecule has 8 nitrogen and oxygen atoms in total. The Hall–Kier alpha value is -2.81. The van der Waals surface area contributed by atoms with E-state index in [0.717, 1.165) is 52.9 Å². The monoisotopic (exact) mass is 371 g/mol. The lowest BCUT2D eigenvalue weighted by molar-refractivity contribution is 0.185. The van der Waals surface area contributed by atoms with Crippen LogP contribution in [0.3, 0.4) is 0 Å². The average molecular weight is 371 g/mol. The Kier molecular flexibility index (Phi) is 4.37. The van der Waals surface area contributed by atoms with E-state index in [1.54, 1.807) is 6.34 Å². The van der Waals surface area contributed by atoms with Gasteiger partial charge in [0.2, 0.25) is 0 Å². The number of piperidine rings is 1. The van der Waals surface area contributed by atoms with Gasteiger partial charge in [0, 0.05) is 36.5 Å². The summed E-state index contributed by atoms with van der Waals surface area (Å²) < 4.78 is 4.19. The van der Waals surface area contributed by atoms with Crippen molar-refractivity contribution in [3.63, 3.8) is 0 Å². The summed E-state index contributed by atoms with van der Waals surface area (Å²) in [5.41, 5.74) is 10.0. The van der Waals surface area contributed by atoms with Gasteiger partial charge in [-0.05, 0) is 43.4 Å². The molecule has 5 N–H and O–H groups in total. The van der Waals surface area contributed by atoms with E-state index in [1.807, 2.05) is 30.2 Å². The zero-order valence-corrected chi connectivity index (χ0v) is 15.3. The number of aromatic nitrogens is 2. The van der Waals surface area contributed by atoms with Gasteiger partial charge in [0.05, 0.1) is 17.7 Å². The molecule has 4 heterocycles. The molecule has 26 heavy (non-hydrogen) atoms. The van der Waals surface area contributed by atoms with Crippen molar-refractivity contribution in [1.82, 2.24) is 19.6 Å². The minimum atomic E-state index is -0.100. The molecule has 2 aromatic heterocycles. The number of hydrogen-bond donors (Lipinski definition) is 4. The number of H-pyrrole nitrogens is 1. The molecule has 1 atom stereocenters. The molecule has 4 rings (SSSR count). The van der Waals surface area contributed by atoms with Gasteiger partial charge in [-0.1, -0.05) is 0 Å². The van der Waals surface area contributed by atoms with Crippen molar-refractivity contribution >= 4 is 40.4 Å². The lowest BCUT2D eigenvalue weighted by Gasteiger charge is -2.33. The standard InChI is InChI=1S/C17H21N7OS/c1-10-7-13(26-23-10)22-17(25)24-6-2-3-11(8-24)14(18)15-12-4-5-19-16(12)21-9-20-15/h4-5,7,9,11,19H,2-3,6,8,18H2,1H3,(H,20,21)(H,22,25)/b15-14-. The summed E-state index contributed by atoms with van der Waals surface area (Å²) in [5, 5.41) is 6.86. The van der Waals surface area contributed by atoms with E-state index in [1.165, 1.54) is 11.5 Å². The molecule has 2 aliphatic heterocycles. The van der Waals surface area contributed by atoms with Gasteiger partial charge in [-0.15, -0.1) is 0 Å². The van der Waals surface area contributed by atoms with E-state index in [0.29, 0.717) is 6.54 Å². The number of nitrogens with one attached hydrogen (secondary N) is 3. The normalized spacial score (nSPS) is 21.1. The highest BCUT2D eigenvalue weighted by Crippen LogP contribution is 2.31. The Labute approximate surface area is 155 Å². The number of likely N-dealkylation sites (tertiary alicyclic amines) is 1. The summed E-state index contributed by atoms with van der Waals surface area (Å²) >= 11 is 1.29. The van der Waals surface area contributed by atoms with E-state index in [-0.39, 0.29) is 11.9 Å². The predicted molar refractivity (Wildman–Crippen MR) is 103 cm³/mol. The number of aryl methyl sites for hydroxylation is 1. The molecule has 0 spiro atoms. The van der Waals surface area contributed by atoms with Gasteiger partial charge >= 0.3 is 6.03 Å². The SMILES string of the molecule is Cc1cc(NC(=O)N2CCCC(/C(N)=C3/NC=Nc4[nH]ccc43)C2)sn1. The first-order valence-corrected chi connectivity index (χ1v) is 9.35. The van der Waals surface area contributed by atoms with Gasteiger partial charge in [-0.2, -0.15) is 4.37 Å². The Morgan fingerprint density at radius 3 is 3.19 bits per heavy atom. The van der Waals surface area contributed by atoms with Gasteiger partial charge in [-0.3, -0.25) is 5.32 Å². The Morgan fingerprint density at radius 2 is 2.38 bits per heavy atom. The number of aromatic amines is 1. The lowest BCUT2D eigenvalue weighted by Crippen LogP contribution is -2.44. The summed E-state index contributed by atoms with van der Waals surface area (Å²) in [6.45, 7) is 3.23. The van der Waals surface area contributed by atoms with Crippen LogP contribution in [0.4, 0.5) is 15.6 Å². The molecule has 0 bridgehead atoms. The maximum atomic E-state index is 12.6. The highest BCUT2D eigenvalue weighted by Gasteiger charge is 2.28. The van der Waals surface area contributed by atoms with E-state index < -0.39 is 0 Å². The first-order chi connectivity index (χ1) is 12.6. The van der Waals surface area contributed by atoms with Crippen LogP contribution in [0.5, 0.6) is 0 Å². The zero-order chi connectivity index (χ0) is 18.1. The van der Waals surface area contributed by atoms with Crippen molar-refractivity contribution in [3.05, 3.63) is 35.3 Å². The van der Waals surface area contributed by atoms with Crippen LogP contribution in [0.2, 0.25) is 0 Å². The van der Waals surface area contributed by atoms with Crippen LogP contribution in [-0.2, 0) is 0 Å². The van der Waals surface area contributed by atoms with Crippen LogP contribution < -0.4 is 16.4 Å². The molecule has 2 aromatic rings. The van der Waals surface area contributed by atoms with Gasteiger partial charge < -0.3 is 20.9 Å². The van der Waals surface area contributed by atoms with E-state index in [9.17, 15) is 4.79 Å². The smallest absolute Gasteiger partial charge is 0.322 e. The molecule has 136 valence electrons. The van der Waals surface area contributed by atoms with Crippen LogP contribution in [0.25, 0.3) is 5.70 Å². The van der Waals surface area contributed by atoms with Crippen LogP contribution in [0.15, 0.2) is 29.0 Å². The van der Waals surface area contributed by atoms with Gasteiger partial charge in [0.1, 0.15) is 10.8 Å². The van der Waals surface area contributed by atoms with Crippen molar-refractivity contribution < 1.29 is 4.79 Å². The van der Waals surface area contributed by atoms with Gasteiger partial charge in [0.15, 0.2) is 0 Å². The summed E-state index contributed by atoms with van der Waals surface area (Å²) in [6.07, 6.45) is 5.36. The van der Waals surface area contributed by atoms with E-state index in [2.05, 4.69) is 25.0 Å². The number of rotatable bonds is 2. The van der Waals surface area contributed by atoms with Crippen molar-refractivity contribution in [3.8, 4) is 0 Å². The lowest BCUT2D eigenvalue weighted by atomic mass is 9.92. The quantitative estimate of drug-likeness (QED) is 0.650. The molecular formula is C17H21N7OS. The topological polar surface area (TPSA) is 111 Å². The second-order valence-corrected chi connectivity index (χ2v) is 7.33. The van der Waals surface area contributed by atoms with Gasteiger partial charge in [-0.25, -0.2) is 9.79 Å². The molecule has 2 amide bonds. The highest BCUT2D eigenvalue weighted by atomic mass is 32.1. The number of nitrogens with two attached hydrogens (primary N) is 1.